The zero-order valence-corrected chi connectivity index (χ0v) is 12.2. The topological polar surface area (TPSA) is 46.5 Å². The summed E-state index contributed by atoms with van der Waals surface area (Å²) < 4.78 is 6.49. The Labute approximate surface area is 121 Å². The zero-order chi connectivity index (χ0) is 13.1. The van der Waals surface area contributed by atoms with Gasteiger partial charge in [-0.05, 0) is 40.2 Å². The van der Waals surface area contributed by atoms with Crippen LogP contribution in [0, 0.1) is 0 Å². The number of benzene rings is 1. The SMILES string of the molecule is O=C(O)c1cc(Cl)ccc1OCc1cc(Br)cs1. The summed E-state index contributed by atoms with van der Waals surface area (Å²) in [4.78, 5) is 12.1. The number of rotatable bonds is 4. The minimum Gasteiger partial charge on any atom is -0.487 e. The summed E-state index contributed by atoms with van der Waals surface area (Å²) >= 11 is 10.6. The van der Waals surface area contributed by atoms with Gasteiger partial charge >= 0.3 is 5.97 Å². The molecule has 0 saturated heterocycles. The maximum atomic E-state index is 11.0. The summed E-state index contributed by atoms with van der Waals surface area (Å²) in [5.74, 6) is -0.740. The van der Waals surface area contributed by atoms with E-state index in [1.165, 1.54) is 6.07 Å². The van der Waals surface area contributed by atoms with Crippen molar-refractivity contribution in [3.8, 4) is 5.75 Å². The third kappa shape index (κ3) is 3.25. The average Bonchev–Trinajstić information content (AvgIpc) is 2.73. The van der Waals surface area contributed by atoms with Crippen molar-refractivity contribution in [1.29, 1.82) is 0 Å². The number of carboxylic acids is 1. The Bertz CT molecular complexity index is 582. The molecule has 0 aliphatic heterocycles. The lowest BCUT2D eigenvalue weighted by Crippen LogP contribution is -2.02. The molecule has 3 nitrogen and oxygen atoms in total. The fourth-order valence-electron chi connectivity index (χ4n) is 1.37. The van der Waals surface area contributed by atoms with Gasteiger partial charge in [-0.25, -0.2) is 4.79 Å². The number of aromatic carboxylic acids is 1. The van der Waals surface area contributed by atoms with Crippen molar-refractivity contribution in [3.05, 3.63) is 49.6 Å². The molecule has 0 radical (unpaired) electrons. The fourth-order valence-corrected chi connectivity index (χ4v) is 2.91. The summed E-state index contributed by atoms with van der Waals surface area (Å²) in [5, 5.41) is 11.4. The Hall–Kier alpha value is -1.04. The van der Waals surface area contributed by atoms with Crippen LogP contribution in [0.1, 0.15) is 15.2 Å². The summed E-state index contributed by atoms with van der Waals surface area (Å²) in [6, 6.07) is 6.48. The third-order valence-electron chi connectivity index (χ3n) is 2.16. The van der Waals surface area contributed by atoms with Crippen LogP contribution in [0.15, 0.2) is 34.1 Å². The maximum Gasteiger partial charge on any atom is 0.339 e. The minimum atomic E-state index is -1.06. The molecular weight excluding hydrogens is 340 g/mol. The van der Waals surface area contributed by atoms with Crippen molar-refractivity contribution in [2.45, 2.75) is 6.61 Å². The van der Waals surface area contributed by atoms with Gasteiger partial charge in [0.15, 0.2) is 0 Å². The molecule has 0 amide bonds. The molecule has 1 aromatic carbocycles. The predicted octanol–water partition coefficient (Wildman–Crippen LogP) is 4.44. The Morgan fingerprint density at radius 1 is 1.44 bits per heavy atom. The Morgan fingerprint density at radius 2 is 2.22 bits per heavy atom. The number of hydrogen-bond donors (Lipinski definition) is 1. The van der Waals surface area contributed by atoms with E-state index in [4.69, 9.17) is 21.4 Å². The molecule has 1 aromatic heterocycles. The van der Waals surface area contributed by atoms with Gasteiger partial charge in [-0.1, -0.05) is 11.6 Å². The van der Waals surface area contributed by atoms with Crippen LogP contribution in [0.5, 0.6) is 5.75 Å². The van der Waals surface area contributed by atoms with Crippen LogP contribution in [0.2, 0.25) is 5.02 Å². The average molecular weight is 348 g/mol. The van der Waals surface area contributed by atoms with Crippen LogP contribution < -0.4 is 4.74 Å². The van der Waals surface area contributed by atoms with E-state index < -0.39 is 5.97 Å². The van der Waals surface area contributed by atoms with E-state index in [1.54, 1.807) is 23.5 Å². The van der Waals surface area contributed by atoms with E-state index in [2.05, 4.69) is 15.9 Å². The van der Waals surface area contributed by atoms with Crippen molar-refractivity contribution in [2.24, 2.45) is 0 Å². The van der Waals surface area contributed by atoms with Crippen LogP contribution in [-0.2, 0) is 6.61 Å². The lowest BCUT2D eigenvalue weighted by atomic mass is 10.2. The summed E-state index contributed by atoms with van der Waals surface area (Å²) in [5.41, 5.74) is 0.0677. The first-order valence-electron chi connectivity index (χ1n) is 4.95. The van der Waals surface area contributed by atoms with Gasteiger partial charge in [0.1, 0.15) is 17.9 Å². The predicted molar refractivity (Wildman–Crippen MR) is 74.8 cm³/mol. The molecule has 0 fully saturated rings. The Kier molecular flexibility index (Phi) is 4.27. The second-order valence-corrected chi connectivity index (χ2v) is 5.81. The number of halogens is 2. The van der Waals surface area contributed by atoms with Crippen molar-refractivity contribution in [3.63, 3.8) is 0 Å². The fraction of sp³-hybridized carbons (Fsp3) is 0.0833. The molecular formula is C12H8BrClO3S. The molecule has 6 heteroatoms. The first kappa shape index (κ1) is 13.4. The number of carboxylic acid groups (broad SMARTS) is 1. The highest BCUT2D eigenvalue weighted by atomic mass is 79.9. The monoisotopic (exact) mass is 346 g/mol. The van der Waals surface area contributed by atoms with Gasteiger partial charge in [-0.15, -0.1) is 11.3 Å². The minimum absolute atomic E-state index is 0.0677. The summed E-state index contributed by atoms with van der Waals surface area (Å²) in [6.07, 6.45) is 0. The highest BCUT2D eigenvalue weighted by molar-refractivity contribution is 9.10. The summed E-state index contributed by atoms with van der Waals surface area (Å²) in [7, 11) is 0. The van der Waals surface area contributed by atoms with Gasteiger partial charge in [-0.2, -0.15) is 0 Å². The normalized spacial score (nSPS) is 10.3. The molecule has 94 valence electrons. The summed E-state index contributed by atoms with van der Waals surface area (Å²) in [6.45, 7) is 0.332. The number of thiophene rings is 1. The van der Waals surface area contributed by atoms with Gasteiger partial charge in [0.05, 0.1) is 0 Å². The first-order valence-corrected chi connectivity index (χ1v) is 7.00. The highest BCUT2D eigenvalue weighted by Crippen LogP contribution is 2.26. The van der Waals surface area contributed by atoms with Gasteiger partial charge in [0.25, 0.3) is 0 Å². The molecule has 0 unspecified atom stereocenters. The van der Waals surface area contributed by atoms with Gasteiger partial charge in [0.2, 0.25) is 0 Å². The van der Waals surface area contributed by atoms with Gasteiger partial charge in [0, 0.05) is 19.8 Å². The van der Waals surface area contributed by atoms with E-state index in [0.717, 1.165) is 9.35 Å². The molecule has 18 heavy (non-hydrogen) atoms. The van der Waals surface area contributed by atoms with Crippen LogP contribution in [-0.4, -0.2) is 11.1 Å². The standard InChI is InChI=1S/C12H8BrClO3S/c13-7-3-9(18-6-7)5-17-11-2-1-8(14)4-10(11)12(15)16/h1-4,6H,5H2,(H,15,16). The van der Waals surface area contributed by atoms with Gasteiger partial charge in [-0.3, -0.25) is 0 Å². The number of ether oxygens (including phenoxy) is 1. The second-order valence-electron chi connectivity index (χ2n) is 3.47. The second kappa shape index (κ2) is 5.73. The molecule has 2 aromatic rings. The van der Waals surface area contributed by atoms with Gasteiger partial charge < -0.3 is 9.84 Å². The van der Waals surface area contributed by atoms with Crippen molar-refractivity contribution in [2.75, 3.05) is 0 Å². The van der Waals surface area contributed by atoms with E-state index in [0.29, 0.717) is 17.4 Å². The maximum absolute atomic E-state index is 11.0. The molecule has 1 heterocycles. The molecule has 2 rings (SSSR count). The molecule has 0 spiro atoms. The van der Waals surface area contributed by atoms with E-state index in [-0.39, 0.29) is 5.56 Å². The molecule has 0 saturated carbocycles. The number of carbonyl (C=O) groups is 1. The molecule has 0 aliphatic carbocycles. The third-order valence-corrected chi connectivity index (χ3v) is 4.07. The first-order chi connectivity index (χ1) is 8.56. The van der Waals surface area contributed by atoms with Crippen LogP contribution in [0.25, 0.3) is 0 Å². The van der Waals surface area contributed by atoms with Crippen molar-refractivity contribution >= 4 is 44.8 Å². The molecule has 0 aliphatic rings. The molecule has 1 N–H and O–H groups in total. The van der Waals surface area contributed by atoms with Crippen LogP contribution in [0.3, 0.4) is 0 Å². The number of hydrogen-bond acceptors (Lipinski definition) is 3. The van der Waals surface area contributed by atoms with E-state index in [9.17, 15) is 4.79 Å². The Balaban J connectivity index is 2.16. The lowest BCUT2D eigenvalue weighted by Gasteiger charge is -2.08. The van der Waals surface area contributed by atoms with E-state index in [1.807, 2.05) is 11.4 Å². The highest BCUT2D eigenvalue weighted by Gasteiger charge is 2.12. The van der Waals surface area contributed by atoms with Crippen molar-refractivity contribution < 1.29 is 14.6 Å². The van der Waals surface area contributed by atoms with E-state index >= 15 is 0 Å². The largest absolute Gasteiger partial charge is 0.487 e. The quantitative estimate of drug-likeness (QED) is 0.889. The lowest BCUT2D eigenvalue weighted by molar-refractivity contribution is 0.0692. The molecule has 0 atom stereocenters. The molecule has 0 bridgehead atoms. The van der Waals surface area contributed by atoms with Crippen LogP contribution >= 0.6 is 38.9 Å². The Morgan fingerprint density at radius 3 is 2.83 bits per heavy atom. The zero-order valence-electron chi connectivity index (χ0n) is 9.02. The van der Waals surface area contributed by atoms with Crippen LogP contribution in [0.4, 0.5) is 0 Å². The van der Waals surface area contributed by atoms with Crippen molar-refractivity contribution in [1.82, 2.24) is 0 Å². The smallest absolute Gasteiger partial charge is 0.339 e.